The van der Waals surface area contributed by atoms with Gasteiger partial charge in [-0.25, -0.2) is 0 Å². The molecule has 0 aromatic carbocycles. The van der Waals surface area contributed by atoms with Gasteiger partial charge in [0.2, 0.25) is 0 Å². The van der Waals surface area contributed by atoms with E-state index in [0.717, 1.165) is 0 Å². The van der Waals surface area contributed by atoms with E-state index < -0.39 is 17.9 Å². The molecule has 0 aliphatic rings. The van der Waals surface area contributed by atoms with Crippen LogP contribution < -0.4 is 0 Å². The van der Waals surface area contributed by atoms with Crippen LogP contribution in [0.3, 0.4) is 0 Å². The van der Waals surface area contributed by atoms with E-state index >= 15 is 0 Å². The lowest BCUT2D eigenvalue weighted by molar-refractivity contribution is -0.147. The Balaban J connectivity index is 0. The predicted molar refractivity (Wildman–Crippen MR) is 40.3 cm³/mol. The zero-order valence-electron chi connectivity index (χ0n) is 6.41. The Morgan fingerprint density at radius 3 is 1.82 bits per heavy atom. The minimum atomic E-state index is -1.08. The summed E-state index contributed by atoms with van der Waals surface area (Å²) in [6, 6.07) is 0. The molecule has 0 aromatic heterocycles. The molecule has 0 bridgehead atoms. The molecule has 0 aromatic rings. The quantitative estimate of drug-likeness (QED) is 0.603. The summed E-state index contributed by atoms with van der Waals surface area (Å²) >= 11 is 0. The van der Waals surface area contributed by atoms with E-state index in [4.69, 9.17) is 10.2 Å². The summed E-state index contributed by atoms with van der Waals surface area (Å²) in [6.07, 6.45) is -0.310. The number of rotatable bonds is 3. The number of carboxylic acid groups (broad SMARTS) is 2. The van der Waals surface area contributed by atoms with Crippen LogP contribution in [0.15, 0.2) is 13.2 Å². The molecule has 4 heteroatoms. The first kappa shape index (κ1) is 12.4. The van der Waals surface area contributed by atoms with Crippen molar-refractivity contribution >= 4 is 11.9 Å². The van der Waals surface area contributed by atoms with Crippen LogP contribution in [0.1, 0.15) is 13.3 Å². The van der Waals surface area contributed by atoms with E-state index in [2.05, 4.69) is 13.2 Å². The van der Waals surface area contributed by atoms with Crippen molar-refractivity contribution < 1.29 is 19.8 Å². The molecule has 11 heavy (non-hydrogen) atoms. The van der Waals surface area contributed by atoms with E-state index in [1.807, 2.05) is 0 Å². The van der Waals surface area contributed by atoms with Gasteiger partial charge in [0.05, 0.1) is 12.3 Å². The Morgan fingerprint density at radius 1 is 1.36 bits per heavy atom. The maximum absolute atomic E-state index is 9.97. The van der Waals surface area contributed by atoms with Crippen LogP contribution in [-0.4, -0.2) is 22.2 Å². The lowest BCUT2D eigenvalue weighted by Gasteiger charge is -1.98. The van der Waals surface area contributed by atoms with Gasteiger partial charge in [-0.2, -0.15) is 0 Å². The third-order valence-corrected chi connectivity index (χ3v) is 0.902. The zero-order valence-corrected chi connectivity index (χ0v) is 6.41. The minimum absolute atomic E-state index is 0.310. The normalized spacial score (nSPS) is 10.6. The van der Waals surface area contributed by atoms with Crippen LogP contribution in [0.4, 0.5) is 0 Å². The van der Waals surface area contributed by atoms with E-state index in [1.54, 1.807) is 0 Å². The van der Waals surface area contributed by atoms with Gasteiger partial charge < -0.3 is 10.2 Å². The number of aliphatic carboxylic acids is 2. The Labute approximate surface area is 65.2 Å². The summed E-state index contributed by atoms with van der Waals surface area (Å²) in [5.41, 5.74) is 0. The third-order valence-electron chi connectivity index (χ3n) is 0.902. The van der Waals surface area contributed by atoms with E-state index in [0.29, 0.717) is 0 Å². The highest BCUT2D eigenvalue weighted by molar-refractivity contribution is 5.77. The lowest BCUT2D eigenvalue weighted by Crippen LogP contribution is -2.13. The average Bonchev–Trinajstić information content (AvgIpc) is 1.90. The highest BCUT2D eigenvalue weighted by Crippen LogP contribution is 1.99. The molecule has 0 radical (unpaired) electrons. The summed E-state index contributed by atoms with van der Waals surface area (Å²) in [7, 11) is 0. The second-order valence-corrected chi connectivity index (χ2v) is 1.84. The van der Waals surface area contributed by atoms with E-state index in [1.165, 1.54) is 6.92 Å². The Kier molecular flexibility index (Phi) is 7.64. The van der Waals surface area contributed by atoms with Gasteiger partial charge >= 0.3 is 11.9 Å². The van der Waals surface area contributed by atoms with Gasteiger partial charge in [-0.05, 0) is 0 Å². The SMILES string of the molecule is C=C.CC(CC(=O)O)C(=O)O. The standard InChI is InChI=1S/C5H8O4.C2H4/c1-3(5(8)9)2-4(6)7;1-2/h3H,2H2,1H3,(H,6,7)(H,8,9);1-2H2. The lowest BCUT2D eigenvalue weighted by atomic mass is 10.1. The van der Waals surface area contributed by atoms with Crippen molar-refractivity contribution in [3.63, 3.8) is 0 Å². The summed E-state index contributed by atoms with van der Waals surface area (Å²) in [4.78, 5) is 19.8. The number of carbonyl (C=O) groups is 2. The van der Waals surface area contributed by atoms with Gasteiger partial charge in [-0.1, -0.05) is 6.92 Å². The summed E-state index contributed by atoms with van der Waals surface area (Å²) in [5.74, 6) is -2.94. The minimum Gasteiger partial charge on any atom is -0.481 e. The monoisotopic (exact) mass is 160 g/mol. The van der Waals surface area contributed by atoms with Gasteiger partial charge in [0.15, 0.2) is 0 Å². The highest BCUT2D eigenvalue weighted by atomic mass is 16.4. The zero-order chi connectivity index (χ0) is 9.44. The number of hydrogen-bond donors (Lipinski definition) is 2. The topological polar surface area (TPSA) is 74.6 Å². The third kappa shape index (κ3) is 8.68. The van der Waals surface area contributed by atoms with Crippen molar-refractivity contribution in [3.8, 4) is 0 Å². The summed E-state index contributed by atoms with van der Waals surface area (Å²) in [5, 5.41) is 16.2. The Hall–Kier alpha value is -1.32. The molecule has 4 nitrogen and oxygen atoms in total. The van der Waals surface area contributed by atoms with Crippen LogP contribution in [-0.2, 0) is 9.59 Å². The number of carboxylic acids is 2. The Morgan fingerprint density at radius 2 is 1.73 bits per heavy atom. The number of hydrogen-bond acceptors (Lipinski definition) is 2. The van der Waals surface area contributed by atoms with Crippen molar-refractivity contribution in [2.75, 3.05) is 0 Å². The molecule has 2 N–H and O–H groups in total. The summed E-state index contributed by atoms with van der Waals surface area (Å²) in [6.45, 7) is 7.36. The molecule has 0 aliphatic heterocycles. The summed E-state index contributed by atoms with van der Waals surface area (Å²) < 4.78 is 0. The molecule has 0 amide bonds. The predicted octanol–water partition coefficient (Wildman–Crippen LogP) is 0.984. The maximum Gasteiger partial charge on any atom is 0.306 e. The van der Waals surface area contributed by atoms with Gasteiger partial charge in [0, 0.05) is 0 Å². The maximum atomic E-state index is 9.97. The molecule has 0 spiro atoms. The van der Waals surface area contributed by atoms with Crippen molar-refractivity contribution in [1.82, 2.24) is 0 Å². The molecule has 0 aliphatic carbocycles. The first-order valence-electron chi connectivity index (χ1n) is 2.98. The fourth-order valence-corrected chi connectivity index (χ4v) is 0.349. The van der Waals surface area contributed by atoms with Crippen molar-refractivity contribution in [2.45, 2.75) is 13.3 Å². The molecule has 0 fully saturated rings. The average molecular weight is 160 g/mol. The second-order valence-electron chi connectivity index (χ2n) is 1.84. The van der Waals surface area contributed by atoms with Crippen LogP contribution in [0, 0.1) is 5.92 Å². The first-order chi connectivity index (χ1) is 5.04. The molecular formula is C7H12O4. The smallest absolute Gasteiger partial charge is 0.306 e. The molecule has 64 valence electrons. The van der Waals surface area contributed by atoms with Crippen molar-refractivity contribution in [1.29, 1.82) is 0 Å². The molecule has 0 saturated heterocycles. The molecule has 0 rings (SSSR count). The fourth-order valence-electron chi connectivity index (χ4n) is 0.349. The van der Waals surface area contributed by atoms with Crippen molar-refractivity contribution in [3.05, 3.63) is 13.2 Å². The van der Waals surface area contributed by atoms with Crippen molar-refractivity contribution in [2.24, 2.45) is 5.92 Å². The second kappa shape index (κ2) is 6.80. The van der Waals surface area contributed by atoms with Crippen LogP contribution in [0.5, 0.6) is 0 Å². The fraction of sp³-hybridized carbons (Fsp3) is 0.429. The molecule has 1 unspecified atom stereocenters. The molecule has 0 saturated carbocycles. The highest BCUT2D eigenvalue weighted by Gasteiger charge is 2.13. The van der Waals surface area contributed by atoms with Crippen LogP contribution in [0.2, 0.25) is 0 Å². The van der Waals surface area contributed by atoms with Gasteiger partial charge in [0.25, 0.3) is 0 Å². The van der Waals surface area contributed by atoms with E-state index in [9.17, 15) is 9.59 Å². The van der Waals surface area contributed by atoms with Crippen LogP contribution in [0.25, 0.3) is 0 Å². The molecule has 1 atom stereocenters. The van der Waals surface area contributed by atoms with Gasteiger partial charge in [-0.15, -0.1) is 13.2 Å². The van der Waals surface area contributed by atoms with Gasteiger partial charge in [0.1, 0.15) is 0 Å². The van der Waals surface area contributed by atoms with E-state index in [-0.39, 0.29) is 6.42 Å². The van der Waals surface area contributed by atoms with Crippen LogP contribution >= 0.6 is 0 Å². The first-order valence-corrected chi connectivity index (χ1v) is 2.98. The Bertz CT molecular complexity index is 141. The molecular weight excluding hydrogens is 148 g/mol. The largest absolute Gasteiger partial charge is 0.481 e. The van der Waals surface area contributed by atoms with Gasteiger partial charge in [-0.3, -0.25) is 9.59 Å². The molecule has 0 heterocycles.